The van der Waals surface area contributed by atoms with Crippen molar-refractivity contribution in [3.63, 3.8) is 0 Å². The van der Waals surface area contributed by atoms with Crippen LogP contribution in [0.15, 0.2) is 0 Å². The zero-order chi connectivity index (χ0) is 9.61. The molecule has 0 saturated carbocycles. The minimum absolute atomic E-state index is 0. The van der Waals surface area contributed by atoms with Crippen LogP contribution in [0.2, 0.25) is 0 Å². The number of hydrogen-bond acceptors (Lipinski definition) is 2. The number of alkyl halides is 2. The number of halogens is 2. The third-order valence-electron chi connectivity index (χ3n) is 1.29. The predicted molar refractivity (Wildman–Crippen MR) is 48.3 cm³/mol. The Morgan fingerprint density at radius 3 is 2.23 bits per heavy atom. The molecule has 0 aliphatic carbocycles. The zero-order valence-corrected chi connectivity index (χ0v) is 7.36. The van der Waals surface area contributed by atoms with Crippen LogP contribution in [-0.2, 0) is 10.1 Å². The maximum absolute atomic E-state index is 12.6. The topological polar surface area (TPSA) is 54.4 Å². The average Bonchev–Trinajstić information content (AvgIpc) is 1.84. The monoisotopic (exact) mass is 210 g/mol. The summed E-state index contributed by atoms with van der Waals surface area (Å²) in [4.78, 5) is 0. The van der Waals surface area contributed by atoms with Crippen LogP contribution in [0, 0.1) is 0 Å². The van der Waals surface area contributed by atoms with Gasteiger partial charge >= 0.3 is 18.9 Å². The van der Waals surface area contributed by atoms with Gasteiger partial charge in [-0.1, -0.05) is 0 Å². The molecule has 0 aromatic heterocycles. The molecule has 0 radical (unpaired) electrons. The van der Waals surface area contributed by atoms with Crippen molar-refractivity contribution in [3.8, 4) is 0 Å². The van der Waals surface area contributed by atoms with Crippen molar-refractivity contribution in [1.82, 2.24) is 0 Å². The normalized spacial score (nSPS) is 13.5. The second kappa shape index (κ2) is 7.74. The molecule has 13 heavy (non-hydrogen) atoms. The Labute approximate surface area is 88.8 Å². The summed E-state index contributed by atoms with van der Waals surface area (Å²) in [6, 6.07) is 0. The van der Waals surface area contributed by atoms with Crippen LogP contribution in [-0.4, -0.2) is 50.4 Å². The molecule has 0 heterocycles. The van der Waals surface area contributed by atoms with E-state index in [9.17, 15) is 17.2 Å². The van der Waals surface area contributed by atoms with Crippen LogP contribution < -0.4 is 0 Å². The molecular formula is C6H13F2LiO3S. The first kappa shape index (κ1) is 15.8. The number of rotatable bonds is 6. The van der Waals surface area contributed by atoms with Crippen molar-refractivity contribution in [3.05, 3.63) is 0 Å². The Balaban J connectivity index is 0. The number of hydrogen-bond donors (Lipinski definition) is 1. The van der Waals surface area contributed by atoms with Gasteiger partial charge < -0.3 is 0 Å². The van der Waals surface area contributed by atoms with Crippen LogP contribution in [0.5, 0.6) is 0 Å². The molecule has 0 spiro atoms. The fourth-order valence-corrected chi connectivity index (χ4v) is 1.40. The molecule has 1 N–H and O–H groups in total. The van der Waals surface area contributed by atoms with E-state index in [4.69, 9.17) is 4.55 Å². The molecule has 1 atom stereocenters. The minimum atomic E-state index is -4.23. The van der Waals surface area contributed by atoms with Gasteiger partial charge in [0.2, 0.25) is 0 Å². The van der Waals surface area contributed by atoms with Gasteiger partial charge in [0.05, 0.1) is 6.67 Å². The van der Waals surface area contributed by atoms with E-state index in [1.807, 2.05) is 0 Å². The summed E-state index contributed by atoms with van der Waals surface area (Å²) < 4.78 is 52.5. The van der Waals surface area contributed by atoms with Gasteiger partial charge in [-0.15, -0.1) is 0 Å². The van der Waals surface area contributed by atoms with Gasteiger partial charge in [-0.25, -0.2) is 4.39 Å². The van der Waals surface area contributed by atoms with E-state index in [1.165, 1.54) is 0 Å². The van der Waals surface area contributed by atoms with Crippen molar-refractivity contribution in [2.75, 3.05) is 12.4 Å². The summed E-state index contributed by atoms with van der Waals surface area (Å²) in [5, 5.41) is 0. The quantitative estimate of drug-likeness (QED) is 0.399. The van der Waals surface area contributed by atoms with E-state index in [-0.39, 0.29) is 31.7 Å². The van der Waals surface area contributed by atoms with Gasteiger partial charge in [0.25, 0.3) is 10.1 Å². The standard InChI is InChI=1S/C6H12F2O3S.Li.H/c7-4-2-1-3-6(8)5-12(9,10)11;;/h6H,1-5H2,(H,9,10,11);;. The summed E-state index contributed by atoms with van der Waals surface area (Å²) in [6.45, 7) is -0.529. The van der Waals surface area contributed by atoms with Crippen molar-refractivity contribution in [2.45, 2.75) is 25.4 Å². The summed E-state index contributed by atoms with van der Waals surface area (Å²) in [7, 11) is -4.23. The molecule has 0 aliphatic heterocycles. The van der Waals surface area contributed by atoms with Crippen molar-refractivity contribution < 1.29 is 21.8 Å². The molecule has 1 unspecified atom stereocenters. The average molecular weight is 210 g/mol. The molecule has 0 aliphatic rings. The van der Waals surface area contributed by atoms with Crippen molar-refractivity contribution >= 4 is 29.0 Å². The molecule has 7 heteroatoms. The first-order chi connectivity index (χ1) is 5.45. The van der Waals surface area contributed by atoms with Gasteiger partial charge in [-0.2, -0.15) is 8.42 Å². The van der Waals surface area contributed by atoms with E-state index >= 15 is 0 Å². The van der Waals surface area contributed by atoms with Crippen molar-refractivity contribution in [1.29, 1.82) is 0 Å². The summed E-state index contributed by atoms with van der Waals surface area (Å²) >= 11 is 0. The molecule has 0 aromatic carbocycles. The van der Waals surface area contributed by atoms with Crippen LogP contribution in [0.3, 0.4) is 0 Å². The molecule has 76 valence electrons. The van der Waals surface area contributed by atoms with Crippen molar-refractivity contribution in [2.24, 2.45) is 0 Å². The summed E-state index contributed by atoms with van der Waals surface area (Å²) in [6.07, 6.45) is -1.09. The Bertz CT molecular complexity index is 208. The first-order valence-electron chi connectivity index (χ1n) is 3.61. The van der Waals surface area contributed by atoms with Gasteiger partial charge in [-0.05, 0) is 19.3 Å². The second-order valence-corrected chi connectivity index (χ2v) is 4.03. The Kier molecular flexibility index (Phi) is 9.42. The van der Waals surface area contributed by atoms with E-state index in [1.54, 1.807) is 0 Å². The zero-order valence-electron chi connectivity index (χ0n) is 6.54. The molecule has 0 amide bonds. The molecule has 0 bridgehead atoms. The molecule has 0 saturated heterocycles. The van der Waals surface area contributed by atoms with E-state index in [0.717, 1.165) is 0 Å². The van der Waals surface area contributed by atoms with E-state index in [0.29, 0.717) is 6.42 Å². The van der Waals surface area contributed by atoms with E-state index < -0.39 is 28.7 Å². The molecular weight excluding hydrogens is 197 g/mol. The molecule has 0 fully saturated rings. The van der Waals surface area contributed by atoms with Gasteiger partial charge in [0.15, 0.2) is 0 Å². The number of unbranched alkanes of at least 4 members (excludes halogenated alkanes) is 1. The Hall–Kier alpha value is 0.367. The molecule has 3 nitrogen and oxygen atoms in total. The van der Waals surface area contributed by atoms with Gasteiger partial charge in [0.1, 0.15) is 11.9 Å². The Morgan fingerprint density at radius 1 is 1.31 bits per heavy atom. The van der Waals surface area contributed by atoms with Crippen LogP contribution in [0.4, 0.5) is 8.78 Å². The molecule has 0 aromatic rings. The third kappa shape index (κ3) is 12.4. The summed E-state index contributed by atoms with van der Waals surface area (Å²) in [5.74, 6) is -0.890. The first-order valence-corrected chi connectivity index (χ1v) is 5.22. The maximum atomic E-state index is 12.6. The SMILES string of the molecule is O=S(=O)(O)CC(F)CCCCF.[LiH]. The predicted octanol–water partition coefficient (Wildman–Crippen LogP) is 0.704. The van der Waals surface area contributed by atoms with Crippen LogP contribution >= 0.6 is 0 Å². The van der Waals surface area contributed by atoms with Gasteiger partial charge in [-0.3, -0.25) is 8.94 Å². The van der Waals surface area contributed by atoms with Gasteiger partial charge in [0, 0.05) is 0 Å². The third-order valence-corrected chi connectivity index (χ3v) is 2.08. The Morgan fingerprint density at radius 2 is 1.85 bits per heavy atom. The molecule has 0 rings (SSSR count). The fourth-order valence-electron chi connectivity index (χ4n) is 0.772. The fraction of sp³-hybridized carbons (Fsp3) is 1.00. The van der Waals surface area contributed by atoms with Crippen LogP contribution in [0.25, 0.3) is 0 Å². The summed E-state index contributed by atoms with van der Waals surface area (Å²) in [5.41, 5.74) is 0. The van der Waals surface area contributed by atoms with Crippen LogP contribution in [0.1, 0.15) is 19.3 Å². The second-order valence-electron chi connectivity index (χ2n) is 2.53. The van der Waals surface area contributed by atoms with E-state index in [2.05, 4.69) is 0 Å².